The number of pyridine rings is 4. The van der Waals surface area contributed by atoms with Crippen molar-refractivity contribution in [3.05, 3.63) is 170 Å². The Balaban J connectivity index is 0.950. The number of nitrogens with zero attached hydrogens (tertiary/aromatic N) is 5. The molecule has 0 saturated carbocycles. The number of aryl methyl sites for hydroxylation is 2. The smallest absolute Gasteiger partial charge is 0.400 e. The van der Waals surface area contributed by atoms with Crippen molar-refractivity contribution in [2.45, 2.75) is 58.5 Å². The average molecular weight is 679 g/mol. The Labute approximate surface area is 300 Å². The van der Waals surface area contributed by atoms with E-state index in [1.54, 1.807) is 0 Å². The maximum Gasteiger partial charge on any atom is 0.400 e. The van der Waals surface area contributed by atoms with Crippen LogP contribution in [0.5, 0.6) is 0 Å². The first-order valence-electron chi connectivity index (χ1n) is 17.5. The van der Waals surface area contributed by atoms with Crippen LogP contribution in [0.2, 0.25) is 0 Å². The minimum absolute atomic E-state index is 0.0258. The molecule has 6 aromatic rings. The van der Waals surface area contributed by atoms with Gasteiger partial charge >= 0.3 is 5.90 Å². The van der Waals surface area contributed by atoms with Gasteiger partial charge in [-0.2, -0.15) is 4.57 Å². The Morgan fingerprint density at radius 2 is 0.961 bits per heavy atom. The first kappa shape index (κ1) is 34.8. The van der Waals surface area contributed by atoms with Gasteiger partial charge in [0.1, 0.15) is 0 Å². The molecule has 2 atom stereocenters. The fourth-order valence-corrected chi connectivity index (χ4v) is 6.06. The third-order valence-corrected chi connectivity index (χ3v) is 9.02. The molecular weight excluding hydrogens is 633 g/mol. The fraction of sp³-hybridized carbons (Fsp3) is 0.209. The number of hydrogen-bond donors (Lipinski definition) is 2. The van der Waals surface area contributed by atoms with E-state index < -0.39 is 0 Å². The lowest BCUT2D eigenvalue weighted by atomic mass is 10.1. The van der Waals surface area contributed by atoms with Crippen LogP contribution in [0.15, 0.2) is 164 Å². The molecule has 2 N–H and O–H groups in total. The van der Waals surface area contributed by atoms with Crippen LogP contribution in [0.4, 0.5) is 0 Å². The zero-order chi connectivity index (χ0) is 35.4. The van der Waals surface area contributed by atoms with E-state index in [0.717, 1.165) is 52.9 Å². The van der Waals surface area contributed by atoms with Gasteiger partial charge in [-0.25, -0.2) is 18.7 Å². The summed E-state index contributed by atoms with van der Waals surface area (Å²) in [6.45, 7) is 6.42. The van der Waals surface area contributed by atoms with Crippen molar-refractivity contribution in [2.24, 2.45) is 4.99 Å². The maximum atomic E-state index is 12.5. The quantitative estimate of drug-likeness (QED) is 0.105. The van der Waals surface area contributed by atoms with E-state index in [2.05, 4.69) is 92.4 Å². The number of aliphatic hydroxyl groups is 1. The van der Waals surface area contributed by atoms with Crippen LogP contribution < -0.4 is 28.4 Å². The van der Waals surface area contributed by atoms with Crippen LogP contribution in [0.25, 0.3) is 22.3 Å². The molecule has 2 unspecified atom stereocenters. The molecule has 4 heterocycles. The first-order valence-corrected chi connectivity index (χ1v) is 17.5. The zero-order valence-electron chi connectivity index (χ0n) is 29.3. The van der Waals surface area contributed by atoms with Gasteiger partial charge in [-0.15, -0.1) is 0 Å². The van der Waals surface area contributed by atoms with E-state index in [-0.39, 0.29) is 30.4 Å². The Bertz CT molecular complexity index is 1880. The van der Waals surface area contributed by atoms with Gasteiger partial charge in [0, 0.05) is 66.9 Å². The largest absolute Gasteiger partial charge is 0.858 e. The lowest BCUT2D eigenvalue weighted by molar-refractivity contribution is -0.726. The molecule has 6 rings (SSSR count). The monoisotopic (exact) mass is 678 g/mol. The molecule has 0 aliphatic rings. The van der Waals surface area contributed by atoms with E-state index in [1.807, 2.05) is 108 Å². The summed E-state index contributed by atoms with van der Waals surface area (Å²) in [5, 5.41) is 23.0. The molecule has 0 aliphatic heterocycles. The Kier molecular flexibility index (Phi) is 11.7. The molecule has 0 fully saturated rings. The average Bonchev–Trinajstić information content (AvgIpc) is 3.16. The van der Waals surface area contributed by atoms with Gasteiger partial charge in [0.05, 0.1) is 12.5 Å². The minimum Gasteiger partial charge on any atom is -0.858 e. The standard InChI is InChI=1S/C43H44N6O2/c1-34(36-10-5-3-6-11-36)44-42(50)32-48-28-18-40(19-29-48)38-14-24-46(25-15-38)22-9-23-47-26-16-39(17-27-47)41-20-30-49(31-21-41)33-43(51)45-35(2)37-12-7-4-8-13-37/h3-8,10-21,24-31,34-35H,9,22-23,32-33H2,1-2H3/q+2/p+2. The summed E-state index contributed by atoms with van der Waals surface area (Å²) in [6.07, 6.45) is 17.4. The van der Waals surface area contributed by atoms with Crippen molar-refractivity contribution in [3.63, 3.8) is 0 Å². The highest BCUT2D eigenvalue weighted by Gasteiger charge is 2.16. The third kappa shape index (κ3) is 10.0. The summed E-state index contributed by atoms with van der Waals surface area (Å²) >= 11 is 0. The number of benzene rings is 2. The van der Waals surface area contributed by atoms with Crippen LogP contribution in [0.3, 0.4) is 0 Å². The van der Waals surface area contributed by atoms with Crippen molar-refractivity contribution in [1.82, 2.24) is 0 Å². The summed E-state index contributed by atoms with van der Waals surface area (Å²) in [5.41, 5.74) is 6.68. The van der Waals surface area contributed by atoms with Crippen LogP contribution in [0, 0.1) is 0 Å². The van der Waals surface area contributed by atoms with Gasteiger partial charge in [-0.1, -0.05) is 60.7 Å². The predicted octanol–water partition coefficient (Wildman–Crippen LogP) is 3.58. The third-order valence-electron chi connectivity index (χ3n) is 9.02. The van der Waals surface area contributed by atoms with Crippen molar-refractivity contribution in [1.29, 1.82) is 0 Å². The highest BCUT2D eigenvalue weighted by Crippen LogP contribution is 2.18. The molecule has 256 valence electrons. The van der Waals surface area contributed by atoms with Gasteiger partial charge in [0.25, 0.3) is 6.54 Å². The van der Waals surface area contributed by atoms with Gasteiger partial charge in [0.15, 0.2) is 75.3 Å². The zero-order valence-corrected chi connectivity index (χ0v) is 29.3. The highest BCUT2D eigenvalue weighted by molar-refractivity contribution is 5.70. The van der Waals surface area contributed by atoms with E-state index >= 15 is 0 Å². The van der Waals surface area contributed by atoms with Crippen molar-refractivity contribution < 1.29 is 33.5 Å². The van der Waals surface area contributed by atoms with E-state index in [4.69, 9.17) is 0 Å². The van der Waals surface area contributed by atoms with Crippen LogP contribution >= 0.6 is 0 Å². The van der Waals surface area contributed by atoms with E-state index in [9.17, 15) is 10.2 Å². The lowest BCUT2D eigenvalue weighted by Gasteiger charge is -2.12. The number of aromatic nitrogens is 4. The van der Waals surface area contributed by atoms with Gasteiger partial charge in [-0.05, 0) is 34.7 Å². The molecule has 0 amide bonds. The Morgan fingerprint density at radius 1 is 0.569 bits per heavy atom. The number of hydrogen-bond acceptors (Lipinski definition) is 2. The molecule has 4 aromatic heterocycles. The molecule has 8 nitrogen and oxygen atoms in total. The minimum atomic E-state index is -0.160. The molecular formula is C43H46N6O2+4. The van der Waals surface area contributed by atoms with Gasteiger partial charge in [-0.3, -0.25) is 4.99 Å². The number of aliphatic hydroxyl groups excluding tert-OH is 1. The topological polar surface area (TPSA) is 85.1 Å². The molecule has 51 heavy (non-hydrogen) atoms. The van der Waals surface area contributed by atoms with E-state index in [0.29, 0.717) is 6.54 Å². The summed E-state index contributed by atoms with van der Waals surface area (Å²) in [5.74, 6) is 0.0919. The van der Waals surface area contributed by atoms with Crippen molar-refractivity contribution in [2.75, 3.05) is 0 Å². The molecule has 0 radical (unpaired) electrons. The summed E-state index contributed by atoms with van der Waals surface area (Å²) < 4.78 is 8.26. The normalized spacial score (nSPS) is 13.1. The number of aliphatic imine (C=N–C) groups is 1. The van der Waals surface area contributed by atoms with E-state index in [1.165, 1.54) is 0 Å². The molecule has 8 heteroatoms. The van der Waals surface area contributed by atoms with Gasteiger partial charge < -0.3 is 10.2 Å². The SMILES string of the molecule is CC(N=C([O-])C[n+]1ccc(-c2cc[n+](CCC[n+]3ccc(-c4cc[n+](CC(O)=[NH+]C(C)c5ccccc5)cc4)cc3)cc2)cc1)c1ccccc1. The van der Waals surface area contributed by atoms with Gasteiger partial charge in [0.2, 0.25) is 0 Å². The summed E-state index contributed by atoms with van der Waals surface area (Å²) in [7, 11) is 0. The first-order chi connectivity index (χ1) is 24.9. The lowest BCUT2D eigenvalue weighted by Crippen LogP contribution is -2.75. The summed E-state index contributed by atoms with van der Waals surface area (Å²) in [6, 6.07) is 36.6. The number of nitrogens with one attached hydrogen (secondary N) is 1. The highest BCUT2D eigenvalue weighted by atomic mass is 16.3. The molecule has 0 aliphatic carbocycles. The number of rotatable bonds is 14. The van der Waals surface area contributed by atoms with Crippen LogP contribution in [-0.2, 0) is 26.2 Å². The predicted molar refractivity (Wildman–Crippen MR) is 195 cm³/mol. The van der Waals surface area contributed by atoms with Crippen molar-refractivity contribution >= 4 is 11.8 Å². The molecule has 0 bridgehead atoms. The maximum absolute atomic E-state index is 12.5. The van der Waals surface area contributed by atoms with Crippen LogP contribution in [-0.4, -0.2) is 16.9 Å². The molecule has 2 aromatic carbocycles. The molecule has 0 spiro atoms. The summed E-state index contributed by atoms with van der Waals surface area (Å²) in [4.78, 5) is 7.52. The second-order valence-electron chi connectivity index (χ2n) is 12.9. The Morgan fingerprint density at radius 3 is 1.41 bits per heavy atom. The fourth-order valence-electron chi connectivity index (χ4n) is 6.06. The second-order valence-corrected chi connectivity index (χ2v) is 12.9. The van der Waals surface area contributed by atoms with Crippen LogP contribution in [0.1, 0.15) is 43.5 Å². The van der Waals surface area contributed by atoms with Crippen molar-refractivity contribution in [3.8, 4) is 22.3 Å². The second kappa shape index (κ2) is 17.1. The Hall–Kier alpha value is -6.02. The molecule has 0 saturated heterocycles.